The summed E-state index contributed by atoms with van der Waals surface area (Å²) in [6.07, 6.45) is 0. The average molecular weight is 566 g/mol. The lowest BCUT2D eigenvalue weighted by molar-refractivity contribution is -0.131. The zero-order chi connectivity index (χ0) is 29.5. The van der Waals surface area contributed by atoms with E-state index in [4.69, 9.17) is 9.15 Å². The number of hydrogen-bond donors (Lipinski definition) is 1. The van der Waals surface area contributed by atoms with E-state index in [0.717, 1.165) is 4.90 Å². The molecule has 0 saturated carbocycles. The third-order valence-electron chi connectivity index (χ3n) is 6.49. The van der Waals surface area contributed by atoms with Gasteiger partial charge >= 0.3 is 0 Å². The van der Waals surface area contributed by atoms with Crippen LogP contribution in [0.2, 0.25) is 0 Å². The van der Waals surface area contributed by atoms with Crippen molar-refractivity contribution in [3.8, 4) is 11.5 Å². The Morgan fingerprint density at radius 2 is 1.48 bits per heavy atom. The van der Waals surface area contributed by atoms with Gasteiger partial charge < -0.3 is 24.3 Å². The van der Waals surface area contributed by atoms with Crippen molar-refractivity contribution in [3.63, 3.8) is 0 Å². The Balaban J connectivity index is 1.29. The number of fused-ring (bicyclic) bond motifs is 1. The summed E-state index contributed by atoms with van der Waals surface area (Å²) in [5.41, 5.74) is 1.33. The van der Waals surface area contributed by atoms with Crippen molar-refractivity contribution >= 4 is 34.4 Å². The molecule has 0 aliphatic heterocycles. The van der Waals surface area contributed by atoms with Gasteiger partial charge in [-0.2, -0.15) is 0 Å². The van der Waals surface area contributed by atoms with E-state index in [1.165, 1.54) is 18.0 Å². The molecule has 0 radical (unpaired) electrons. The summed E-state index contributed by atoms with van der Waals surface area (Å²) in [7, 11) is 1.51. The average Bonchev–Trinajstić information content (AvgIpc) is 3.43. The van der Waals surface area contributed by atoms with Crippen LogP contribution in [0, 0.1) is 5.82 Å². The second kappa shape index (κ2) is 12.8. The fourth-order valence-electron chi connectivity index (χ4n) is 4.30. The number of benzene rings is 4. The third kappa shape index (κ3) is 7.00. The van der Waals surface area contributed by atoms with Crippen molar-refractivity contribution in [2.75, 3.05) is 25.5 Å². The molecule has 4 aromatic carbocycles. The van der Waals surface area contributed by atoms with Crippen LogP contribution in [0.25, 0.3) is 11.0 Å². The third-order valence-corrected chi connectivity index (χ3v) is 6.49. The summed E-state index contributed by atoms with van der Waals surface area (Å²) < 4.78 is 25.7. The number of carbonyl (C=O) groups excluding carboxylic acids is 3. The smallest absolute Gasteiger partial charge is 0.290 e. The molecule has 8 nitrogen and oxygen atoms in total. The van der Waals surface area contributed by atoms with Crippen LogP contribution in [-0.2, 0) is 16.1 Å². The van der Waals surface area contributed by atoms with E-state index < -0.39 is 36.6 Å². The number of rotatable bonds is 10. The molecular formula is C33H28FN3O5. The number of ether oxygens (including phenoxy) is 1. The molecule has 1 heterocycles. The van der Waals surface area contributed by atoms with Crippen LogP contribution in [0.3, 0.4) is 0 Å². The molecule has 9 heteroatoms. The molecule has 0 atom stereocenters. The molecule has 0 unspecified atom stereocenters. The van der Waals surface area contributed by atoms with Gasteiger partial charge in [0.25, 0.3) is 5.91 Å². The van der Waals surface area contributed by atoms with Crippen molar-refractivity contribution in [1.29, 1.82) is 0 Å². The van der Waals surface area contributed by atoms with Crippen molar-refractivity contribution in [2.45, 2.75) is 6.54 Å². The number of carbonyl (C=O) groups is 3. The van der Waals surface area contributed by atoms with Gasteiger partial charge in [0, 0.05) is 30.2 Å². The summed E-state index contributed by atoms with van der Waals surface area (Å²) in [6, 6.07) is 30.9. The summed E-state index contributed by atoms with van der Waals surface area (Å²) in [5, 5.41) is 3.47. The topological polar surface area (TPSA) is 92.1 Å². The van der Waals surface area contributed by atoms with E-state index in [0.29, 0.717) is 33.7 Å². The second-order valence-electron chi connectivity index (χ2n) is 9.64. The first kappa shape index (κ1) is 28.1. The van der Waals surface area contributed by atoms with E-state index in [9.17, 15) is 18.8 Å². The molecule has 1 aromatic heterocycles. The maximum Gasteiger partial charge on any atom is 0.290 e. The van der Waals surface area contributed by atoms with E-state index >= 15 is 0 Å². The maximum absolute atomic E-state index is 14.2. The van der Waals surface area contributed by atoms with Crippen LogP contribution in [-0.4, -0.2) is 47.7 Å². The molecule has 3 amide bonds. The largest absolute Gasteiger partial charge is 0.457 e. The summed E-state index contributed by atoms with van der Waals surface area (Å²) in [6.45, 7) is -0.836. The first-order chi connectivity index (χ1) is 20.4. The lowest BCUT2D eigenvalue weighted by Gasteiger charge is -2.24. The second-order valence-corrected chi connectivity index (χ2v) is 9.64. The number of amides is 3. The van der Waals surface area contributed by atoms with Crippen LogP contribution < -0.4 is 10.1 Å². The van der Waals surface area contributed by atoms with Crippen molar-refractivity contribution in [2.24, 2.45) is 0 Å². The highest BCUT2D eigenvalue weighted by atomic mass is 19.1. The molecule has 212 valence electrons. The quantitative estimate of drug-likeness (QED) is 0.221. The van der Waals surface area contributed by atoms with Crippen molar-refractivity contribution in [3.05, 3.63) is 126 Å². The minimum absolute atomic E-state index is 0.00176. The number of halogens is 1. The highest BCUT2D eigenvalue weighted by molar-refractivity contribution is 6.01. The summed E-state index contributed by atoms with van der Waals surface area (Å²) >= 11 is 0. The standard InChI is InChI=1S/C33H28FN3O5/c1-36(20-24-10-5-7-13-28(24)34)32(39)22-37(33(40)30-19-23-9-6-8-14-29(23)42-30)21-31(38)35-25-15-17-27(18-16-25)41-26-11-3-2-4-12-26/h2-19H,20-22H2,1H3,(H,35,38). The Morgan fingerprint density at radius 3 is 2.21 bits per heavy atom. The lowest BCUT2D eigenvalue weighted by atomic mass is 10.2. The van der Waals surface area contributed by atoms with Crippen LogP contribution >= 0.6 is 0 Å². The van der Waals surface area contributed by atoms with Gasteiger partial charge in [-0.3, -0.25) is 14.4 Å². The SMILES string of the molecule is CN(Cc1ccccc1F)C(=O)CN(CC(=O)Nc1ccc(Oc2ccccc2)cc1)C(=O)c1cc2ccccc2o1. The Morgan fingerprint density at radius 1 is 0.810 bits per heavy atom. The zero-order valence-electron chi connectivity index (χ0n) is 22.8. The highest BCUT2D eigenvalue weighted by Crippen LogP contribution is 2.23. The van der Waals surface area contributed by atoms with Gasteiger partial charge in [-0.05, 0) is 54.6 Å². The Kier molecular flexibility index (Phi) is 8.58. The van der Waals surface area contributed by atoms with Crippen LogP contribution in [0.1, 0.15) is 16.1 Å². The molecule has 0 spiro atoms. The van der Waals surface area contributed by atoms with Gasteiger partial charge in [0.15, 0.2) is 5.76 Å². The van der Waals surface area contributed by atoms with Gasteiger partial charge in [-0.1, -0.05) is 54.6 Å². The Hall–Kier alpha value is -5.44. The van der Waals surface area contributed by atoms with Crippen LogP contribution in [0.5, 0.6) is 11.5 Å². The Labute approximate surface area is 241 Å². The first-order valence-electron chi connectivity index (χ1n) is 13.2. The van der Waals surface area contributed by atoms with Crippen molar-refractivity contribution in [1.82, 2.24) is 9.80 Å². The number of furan rings is 1. The molecule has 0 saturated heterocycles. The molecule has 1 N–H and O–H groups in total. The number of nitrogens with zero attached hydrogens (tertiary/aromatic N) is 2. The van der Waals surface area contributed by atoms with Crippen molar-refractivity contribution < 1.29 is 27.9 Å². The molecule has 0 bridgehead atoms. The van der Waals surface area contributed by atoms with Gasteiger partial charge in [0.05, 0.1) is 0 Å². The van der Waals surface area contributed by atoms with Gasteiger partial charge in [-0.15, -0.1) is 0 Å². The molecule has 5 aromatic rings. The fourth-order valence-corrected chi connectivity index (χ4v) is 4.30. The number of anilines is 1. The zero-order valence-corrected chi connectivity index (χ0v) is 22.8. The van der Waals surface area contributed by atoms with E-state index in [-0.39, 0.29) is 12.3 Å². The molecular weight excluding hydrogens is 537 g/mol. The number of likely N-dealkylation sites (N-methyl/N-ethyl adjacent to an activating group) is 1. The predicted octanol–water partition coefficient (Wildman–Crippen LogP) is 6.10. The molecule has 0 fully saturated rings. The maximum atomic E-state index is 14.2. The first-order valence-corrected chi connectivity index (χ1v) is 13.2. The monoisotopic (exact) mass is 565 g/mol. The number of hydrogen-bond acceptors (Lipinski definition) is 5. The Bertz CT molecular complexity index is 1670. The van der Waals surface area contributed by atoms with E-state index in [1.807, 2.05) is 36.4 Å². The van der Waals surface area contributed by atoms with Crippen LogP contribution in [0.15, 0.2) is 114 Å². The predicted molar refractivity (Wildman–Crippen MR) is 157 cm³/mol. The molecule has 0 aliphatic carbocycles. The fraction of sp³-hybridized carbons (Fsp3) is 0.121. The van der Waals surface area contributed by atoms with E-state index in [1.54, 1.807) is 66.7 Å². The van der Waals surface area contributed by atoms with Gasteiger partial charge in [-0.25, -0.2) is 4.39 Å². The highest BCUT2D eigenvalue weighted by Gasteiger charge is 2.26. The normalized spacial score (nSPS) is 10.7. The molecule has 0 aliphatic rings. The minimum Gasteiger partial charge on any atom is -0.457 e. The summed E-state index contributed by atoms with van der Waals surface area (Å²) in [4.78, 5) is 42.1. The van der Waals surface area contributed by atoms with Gasteiger partial charge in [0.1, 0.15) is 36.0 Å². The lowest BCUT2D eigenvalue weighted by Crippen LogP contribution is -2.44. The molecule has 5 rings (SSSR count). The summed E-state index contributed by atoms with van der Waals surface area (Å²) in [5.74, 6) is -0.787. The minimum atomic E-state index is -0.624. The van der Waals surface area contributed by atoms with E-state index in [2.05, 4.69) is 5.32 Å². The van der Waals surface area contributed by atoms with Crippen LogP contribution in [0.4, 0.5) is 10.1 Å². The number of nitrogens with one attached hydrogen (secondary N) is 1. The number of para-hydroxylation sites is 2. The molecule has 42 heavy (non-hydrogen) atoms. The van der Waals surface area contributed by atoms with Gasteiger partial charge in [0.2, 0.25) is 11.8 Å².